The van der Waals surface area contributed by atoms with Gasteiger partial charge >= 0.3 is 0 Å². The standard InChI is InChI=1S/C18H20O5/c1-20-13-6-4-11-8-14(19)18(23-16(11)10-13)12-5-7-15(21-2)17(9-12)22-3/h4-7,9-10,14,18-19H,8H2,1-3H3/t14-,18+/m0/s1. The number of rotatable bonds is 4. The smallest absolute Gasteiger partial charge is 0.161 e. The minimum atomic E-state index is -0.631. The van der Waals surface area contributed by atoms with Crippen molar-refractivity contribution in [1.82, 2.24) is 0 Å². The monoisotopic (exact) mass is 316 g/mol. The first-order valence-electron chi connectivity index (χ1n) is 7.40. The third-order valence-electron chi connectivity index (χ3n) is 4.04. The average molecular weight is 316 g/mol. The van der Waals surface area contributed by atoms with E-state index < -0.39 is 12.2 Å². The van der Waals surface area contributed by atoms with Gasteiger partial charge in [0.2, 0.25) is 0 Å². The summed E-state index contributed by atoms with van der Waals surface area (Å²) in [5.41, 5.74) is 1.80. The van der Waals surface area contributed by atoms with E-state index in [9.17, 15) is 5.11 Å². The van der Waals surface area contributed by atoms with Gasteiger partial charge in [-0.15, -0.1) is 0 Å². The van der Waals surface area contributed by atoms with Gasteiger partial charge in [0, 0.05) is 12.5 Å². The van der Waals surface area contributed by atoms with Crippen LogP contribution in [0, 0.1) is 0 Å². The molecule has 2 atom stereocenters. The van der Waals surface area contributed by atoms with Crippen LogP contribution in [0.2, 0.25) is 0 Å². The number of aliphatic hydroxyl groups is 1. The SMILES string of the molecule is COc1ccc2c(c1)O[C@H](c1ccc(OC)c(OC)c1)[C@@H](O)C2. The Morgan fingerprint density at radius 3 is 2.43 bits per heavy atom. The molecule has 5 nitrogen and oxygen atoms in total. The quantitative estimate of drug-likeness (QED) is 0.940. The summed E-state index contributed by atoms with van der Waals surface area (Å²) in [5.74, 6) is 2.71. The summed E-state index contributed by atoms with van der Waals surface area (Å²) in [6, 6.07) is 11.1. The van der Waals surface area contributed by atoms with Gasteiger partial charge in [-0.3, -0.25) is 0 Å². The molecule has 1 N–H and O–H groups in total. The molecule has 0 radical (unpaired) electrons. The average Bonchev–Trinajstić information content (AvgIpc) is 2.60. The van der Waals surface area contributed by atoms with Crippen LogP contribution in [0.15, 0.2) is 36.4 Å². The number of methoxy groups -OCH3 is 3. The third kappa shape index (κ3) is 2.92. The van der Waals surface area contributed by atoms with E-state index >= 15 is 0 Å². The molecule has 0 spiro atoms. The molecule has 122 valence electrons. The van der Waals surface area contributed by atoms with Crippen LogP contribution in [0.3, 0.4) is 0 Å². The topological polar surface area (TPSA) is 57.2 Å². The van der Waals surface area contributed by atoms with Crippen LogP contribution in [-0.2, 0) is 6.42 Å². The maximum atomic E-state index is 10.5. The first-order chi connectivity index (χ1) is 11.2. The van der Waals surface area contributed by atoms with E-state index in [4.69, 9.17) is 18.9 Å². The Kier molecular flexibility index (Phi) is 4.30. The van der Waals surface area contributed by atoms with Crippen molar-refractivity contribution < 1.29 is 24.1 Å². The zero-order valence-electron chi connectivity index (χ0n) is 13.4. The lowest BCUT2D eigenvalue weighted by Gasteiger charge is -2.31. The Bertz CT molecular complexity index is 698. The normalized spacial score (nSPS) is 19.5. The summed E-state index contributed by atoms with van der Waals surface area (Å²) in [5, 5.41) is 10.5. The molecule has 0 saturated carbocycles. The first kappa shape index (κ1) is 15.5. The number of aliphatic hydroxyl groups excluding tert-OH is 1. The summed E-state index contributed by atoms with van der Waals surface area (Å²) in [4.78, 5) is 0. The van der Waals surface area contributed by atoms with Crippen LogP contribution in [0.5, 0.6) is 23.0 Å². The second kappa shape index (κ2) is 6.38. The summed E-state index contributed by atoms with van der Waals surface area (Å²) >= 11 is 0. The first-order valence-corrected chi connectivity index (χ1v) is 7.40. The maximum Gasteiger partial charge on any atom is 0.161 e. The van der Waals surface area contributed by atoms with Gasteiger partial charge in [-0.25, -0.2) is 0 Å². The number of benzene rings is 2. The van der Waals surface area contributed by atoms with Crippen LogP contribution in [0.1, 0.15) is 17.2 Å². The summed E-state index contributed by atoms with van der Waals surface area (Å²) in [7, 11) is 4.79. The van der Waals surface area contributed by atoms with Gasteiger partial charge in [-0.1, -0.05) is 12.1 Å². The molecule has 5 heteroatoms. The summed E-state index contributed by atoms with van der Waals surface area (Å²) < 4.78 is 21.8. The van der Waals surface area contributed by atoms with Gasteiger partial charge in [0.25, 0.3) is 0 Å². The van der Waals surface area contributed by atoms with Crippen LogP contribution in [0.25, 0.3) is 0 Å². The molecule has 3 rings (SSSR count). The van der Waals surface area contributed by atoms with Crippen molar-refractivity contribution in [2.45, 2.75) is 18.6 Å². The molecule has 1 aliphatic heterocycles. The van der Waals surface area contributed by atoms with Gasteiger partial charge in [0.1, 0.15) is 17.6 Å². The van der Waals surface area contributed by atoms with Gasteiger partial charge in [-0.05, 0) is 29.3 Å². The molecule has 0 saturated heterocycles. The Hall–Kier alpha value is -2.40. The molecule has 0 unspecified atom stereocenters. The van der Waals surface area contributed by atoms with Crippen LogP contribution in [0.4, 0.5) is 0 Å². The van der Waals surface area contributed by atoms with E-state index in [0.29, 0.717) is 17.9 Å². The predicted octanol–water partition coefficient (Wildman–Crippen LogP) is 2.75. The second-order valence-electron chi connectivity index (χ2n) is 5.40. The fraction of sp³-hybridized carbons (Fsp3) is 0.333. The Labute approximate surface area is 135 Å². The third-order valence-corrected chi connectivity index (χ3v) is 4.04. The van der Waals surface area contributed by atoms with Crippen molar-refractivity contribution in [2.75, 3.05) is 21.3 Å². The number of ether oxygens (including phenoxy) is 4. The summed E-state index contributed by atoms with van der Waals surface area (Å²) in [6.07, 6.45) is -0.568. The largest absolute Gasteiger partial charge is 0.497 e. The fourth-order valence-electron chi connectivity index (χ4n) is 2.81. The predicted molar refractivity (Wildman–Crippen MR) is 85.6 cm³/mol. The highest BCUT2D eigenvalue weighted by atomic mass is 16.5. The van der Waals surface area contributed by atoms with Gasteiger partial charge in [0.05, 0.1) is 27.4 Å². The van der Waals surface area contributed by atoms with Crippen molar-refractivity contribution >= 4 is 0 Å². The molecule has 2 aromatic rings. The van der Waals surface area contributed by atoms with Crippen LogP contribution in [-0.4, -0.2) is 32.5 Å². The lowest BCUT2D eigenvalue weighted by Crippen LogP contribution is -2.30. The zero-order chi connectivity index (χ0) is 16.4. The highest BCUT2D eigenvalue weighted by molar-refractivity contribution is 5.46. The van der Waals surface area contributed by atoms with E-state index in [0.717, 1.165) is 22.6 Å². The number of hydrogen-bond acceptors (Lipinski definition) is 5. The molecule has 0 aliphatic carbocycles. The molecule has 0 amide bonds. The van der Waals surface area contributed by atoms with Crippen molar-refractivity contribution in [3.05, 3.63) is 47.5 Å². The lowest BCUT2D eigenvalue weighted by atomic mass is 9.94. The molecule has 0 bridgehead atoms. The lowest BCUT2D eigenvalue weighted by molar-refractivity contribution is 0.0205. The van der Waals surface area contributed by atoms with Crippen LogP contribution < -0.4 is 18.9 Å². The van der Waals surface area contributed by atoms with Gasteiger partial charge < -0.3 is 24.1 Å². The molecule has 23 heavy (non-hydrogen) atoms. The molecular weight excluding hydrogens is 296 g/mol. The Morgan fingerprint density at radius 1 is 0.957 bits per heavy atom. The minimum absolute atomic E-state index is 0.464. The van der Waals surface area contributed by atoms with Gasteiger partial charge in [-0.2, -0.15) is 0 Å². The second-order valence-corrected chi connectivity index (χ2v) is 5.40. The molecule has 0 fully saturated rings. The fourth-order valence-corrected chi connectivity index (χ4v) is 2.81. The van der Waals surface area contributed by atoms with Crippen molar-refractivity contribution in [1.29, 1.82) is 0 Å². The molecule has 2 aromatic carbocycles. The number of hydrogen-bond donors (Lipinski definition) is 1. The number of fused-ring (bicyclic) bond motifs is 1. The molecule has 1 aliphatic rings. The highest BCUT2D eigenvalue weighted by Gasteiger charge is 2.30. The zero-order valence-corrected chi connectivity index (χ0v) is 13.4. The Morgan fingerprint density at radius 2 is 1.74 bits per heavy atom. The van der Waals surface area contributed by atoms with Gasteiger partial charge in [0.15, 0.2) is 11.5 Å². The van der Waals surface area contributed by atoms with Crippen molar-refractivity contribution in [2.24, 2.45) is 0 Å². The van der Waals surface area contributed by atoms with E-state index in [-0.39, 0.29) is 0 Å². The van der Waals surface area contributed by atoms with Crippen molar-refractivity contribution in [3.63, 3.8) is 0 Å². The van der Waals surface area contributed by atoms with Crippen LogP contribution >= 0.6 is 0 Å². The maximum absolute atomic E-state index is 10.5. The summed E-state index contributed by atoms with van der Waals surface area (Å²) in [6.45, 7) is 0. The minimum Gasteiger partial charge on any atom is -0.497 e. The molecular formula is C18H20O5. The molecule has 0 aromatic heterocycles. The van der Waals surface area contributed by atoms with E-state index in [1.54, 1.807) is 21.3 Å². The Balaban J connectivity index is 1.94. The molecule has 1 heterocycles. The van der Waals surface area contributed by atoms with E-state index in [1.807, 2.05) is 36.4 Å². The highest BCUT2D eigenvalue weighted by Crippen LogP contribution is 2.39. The van der Waals surface area contributed by atoms with Crippen molar-refractivity contribution in [3.8, 4) is 23.0 Å². The van der Waals surface area contributed by atoms with E-state index in [2.05, 4.69) is 0 Å². The van der Waals surface area contributed by atoms with E-state index in [1.165, 1.54) is 0 Å².